The lowest BCUT2D eigenvalue weighted by atomic mass is 10.0. The van der Waals surface area contributed by atoms with Gasteiger partial charge in [0.05, 0.1) is 10.3 Å². The first-order valence-electron chi connectivity index (χ1n) is 7.99. The number of hydrogen-bond donors (Lipinski definition) is 2. The predicted molar refractivity (Wildman–Crippen MR) is 102 cm³/mol. The van der Waals surface area contributed by atoms with Gasteiger partial charge in [-0.15, -0.1) is 11.3 Å². The summed E-state index contributed by atoms with van der Waals surface area (Å²) in [4.78, 5) is 9.57. The summed E-state index contributed by atoms with van der Waals surface area (Å²) in [6, 6.07) is 8.94. The molecule has 0 spiro atoms. The first-order valence-corrected chi connectivity index (χ1v) is 10.4. The summed E-state index contributed by atoms with van der Waals surface area (Å²) >= 11 is 1.54. The SMILES string of the molecule is CC(C)c1ccc(S(=O)(=O)NCCNc2ncnc3sccc23)cc1. The van der Waals surface area contributed by atoms with E-state index < -0.39 is 10.0 Å². The van der Waals surface area contributed by atoms with E-state index in [9.17, 15) is 8.42 Å². The van der Waals surface area contributed by atoms with Crippen LogP contribution in [0.25, 0.3) is 10.2 Å². The highest BCUT2D eigenvalue weighted by molar-refractivity contribution is 7.89. The molecule has 0 bridgehead atoms. The van der Waals surface area contributed by atoms with Crippen LogP contribution >= 0.6 is 11.3 Å². The number of fused-ring (bicyclic) bond motifs is 1. The quantitative estimate of drug-likeness (QED) is 0.619. The molecule has 2 heterocycles. The third-order valence-corrected chi connectivity index (χ3v) is 6.13. The first-order chi connectivity index (χ1) is 12.0. The van der Waals surface area contributed by atoms with Gasteiger partial charge in [-0.25, -0.2) is 23.1 Å². The van der Waals surface area contributed by atoms with Crippen molar-refractivity contribution in [1.29, 1.82) is 0 Å². The van der Waals surface area contributed by atoms with Gasteiger partial charge >= 0.3 is 0 Å². The molecule has 2 aromatic heterocycles. The largest absolute Gasteiger partial charge is 0.368 e. The maximum atomic E-state index is 12.3. The Labute approximate surface area is 151 Å². The molecule has 0 saturated heterocycles. The second kappa shape index (κ2) is 7.47. The van der Waals surface area contributed by atoms with Crippen LogP contribution < -0.4 is 10.0 Å². The molecule has 3 rings (SSSR count). The van der Waals surface area contributed by atoms with Crippen LogP contribution in [0, 0.1) is 0 Å². The minimum absolute atomic E-state index is 0.268. The van der Waals surface area contributed by atoms with Crippen LogP contribution in [-0.4, -0.2) is 31.5 Å². The standard InChI is InChI=1S/C17H20N4O2S2/c1-12(2)13-3-5-14(6-4-13)25(22,23)21-9-8-18-16-15-7-10-24-17(15)20-11-19-16/h3-7,10-12,21H,8-9H2,1-2H3,(H,18,19,20). The van der Waals surface area contributed by atoms with E-state index in [4.69, 9.17) is 0 Å². The fraction of sp³-hybridized carbons (Fsp3) is 0.294. The Morgan fingerprint density at radius 1 is 1.08 bits per heavy atom. The predicted octanol–water partition coefficient (Wildman–Crippen LogP) is 3.21. The number of sulfonamides is 1. The van der Waals surface area contributed by atoms with E-state index in [2.05, 4.69) is 33.9 Å². The van der Waals surface area contributed by atoms with Crippen LogP contribution in [0.4, 0.5) is 5.82 Å². The summed E-state index contributed by atoms with van der Waals surface area (Å²) in [5.74, 6) is 1.09. The molecule has 25 heavy (non-hydrogen) atoms. The molecule has 0 saturated carbocycles. The summed E-state index contributed by atoms with van der Waals surface area (Å²) in [6.07, 6.45) is 1.50. The second-order valence-electron chi connectivity index (χ2n) is 5.91. The van der Waals surface area contributed by atoms with Gasteiger partial charge in [-0.05, 0) is 35.1 Å². The van der Waals surface area contributed by atoms with Crippen LogP contribution in [0.3, 0.4) is 0 Å². The molecule has 0 fully saturated rings. The van der Waals surface area contributed by atoms with Crippen molar-refractivity contribution in [3.8, 4) is 0 Å². The van der Waals surface area contributed by atoms with Gasteiger partial charge in [0, 0.05) is 13.1 Å². The molecule has 0 amide bonds. The Kier molecular flexibility index (Phi) is 5.31. The average molecular weight is 377 g/mol. The lowest BCUT2D eigenvalue weighted by molar-refractivity contribution is 0.583. The molecule has 0 aliphatic heterocycles. The van der Waals surface area contributed by atoms with Crippen molar-refractivity contribution in [2.75, 3.05) is 18.4 Å². The number of nitrogens with zero attached hydrogens (tertiary/aromatic N) is 2. The van der Waals surface area contributed by atoms with Crippen LogP contribution in [0.1, 0.15) is 25.3 Å². The van der Waals surface area contributed by atoms with Gasteiger partial charge in [0.2, 0.25) is 10.0 Å². The van der Waals surface area contributed by atoms with Gasteiger partial charge < -0.3 is 5.32 Å². The average Bonchev–Trinajstić information content (AvgIpc) is 3.08. The lowest BCUT2D eigenvalue weighted by Crippen LogP contribution is -2.29. The highest BCUT2D eigenvalue weighted by Crippen LogP contribution is 2.23. The highest BCUT2D eigenvalue weighted by atomic mass is 32.2. The fourth-order valence-electron chi connectivity index (χ4n) is 2.41. The number of hydrogen-bond acceptors (Lipinski definition) is 6. The number of anilines is 1. The summed E-state index contributed by atoms with van der Waals surface area (Å²) < 4.78 is 27.3. The van der Waals surface area contributed by atoms with Crippen molar-refractivity contribution < 1.29 is 8.42 Å². The smallest absolute Gasteiger partial charge is 0.240 e. The first kappa shape index (κ1) is 17.8. The number of thiophene rings is 1. The molecular weight excluding hydrogens is 356 g/mol. The minimum Gasteiger partial charge on any atom is -0.368 e. The van der Waals surface area contributed by atoms with Crippen molar-refractivity contribution in [3.05, 3.63) is 47.6 Å². The van der Waals surface area contributed by atoms with E-state index in [1.807, 2.05) is 23.6 Å². The van der Waals surface area contributed by atoms with E-state index >= 15 is 0 Å². The Morgan fingerprint density at radius 3 is 2.56 bits per heavy atom. The lowest BCUT2D eigenvalue weighted by Gasteiger charge is -2.10. The summed E-state index contributed by atoms with van der Waals surface area (Å²) in [7, 11) is -3.51. The molecule has 0 aliphatic carbocycles. The van der Waals surface area contributed by atoms with E-state index in [0.717, 1.165) is 15.8 Å². The summed E-state index contributed by atoms with van der Waals surface area (Å²) in [6.45, 7) is 4.85. The molecule has 2 N–H and O–H groups in total. The van der Waals surface area contributed by atoms with Gasteiger partial charge in [-0.3, -0.25) is 0 Å². The number of nitrogens with one attached hydrogen (secondary N) is 2. The van der Waals surface area contributed by atoms with E-state index in [1.54, 1.807) is 23.5 Å². The fourth-order valence-corrected chi connectivity index (χ4v) is 4.18. The summed E-state index contributed by atoms with van der Waals surface area (Å²) in [5.41, 5.74) is 1.11. The minimum atomic E-state index is -3.51. The molecule has 6 nitrogen and oxygen atoms in total. The molecular formula is C17H20N4O2S2. The molecule has 0 radical (unpaired) electrons. The zero-order chi connectivity index (χ0) is 17.9. The Balaban J connectivity index is 1.58. The van der Waals surface area contributed by atoms with E-state index in [0.29, 0.717) is 18.3 Å². The zero-order valence-corrected chi connectivity index (χ0v) is 15.7. The zero-order valence-electron chi connectivity index (χ0n) is 14.1. The molecule has 1 aromatic carbocycles. The van der Waals surface area contributed by atoms with Gasteiger partial charge in [-0.2, -0.15) is 0 Å². The number of rotatable bonds is 7. The van der Waals surface area contributed by atoms with Crippen molar-refractivity contribution in [2.24, 2.45) is 0 Å². The van der Waals surface area contributed by atoms with E-state index in [1.165, 1.54) is 6.33 Å². The Morgan fingerprint density at radius 2 is 1.84 bits per heavy atom. The number of aromatic nitrogens is 2. The molecule has 0 unspecified atom stereocenters. The maximum absolute atomic E-state index is 12.3. The van der Waals surface area contributed by atoms with Gasteiger partial charge in [0.25, 0.3) is 0 Å². The van der Waals surface area contributed by atoms with E-state index in [-0.39, 0.29) is 11.4 Å². The topological polar surface area (TPSA) is 84.0 Å². The van der Waals surface area contributed by atoms with Gasteiger partial charge in [0.15, 0.2) is 0 Å². The van der Waals surface area contributed by atoms with Crippen LogP contribution in [0.5, 0.6) is 0 Å². The second-order valence-corrected chi connectivity index (χ2v) is 8.57. The van der Waals surface area contributed by atoms with Gasteiger partial charge in [0.1, 0.15) is 17.0 Å². The van der Waals surface area contributed by atoms with Crippen molar-refractivity contribution in [2.45, 2.75) is 24.7 Å². The normalized spacial score (nSPS) is 12.0. The van der Waals surface area contributed by atoms with Crippen LogP contribution in [0.15, 0.2) is 46.9 Å². The Hall–Kier alpha value is -2.03. The highest BCUT2D eigenvalue weighted by Gasteiger charge is 2.13. The monoisotopic (exact) mass is 376 g/mol. The third-order valence-electron chi connectivity index (χ3n) is 3.83. The van der Waals surface area contributed by atoms with Crippen molar-refractivity contribution in [3.63, 3.8) is 0 Å². The molecule has 0 aliphatic rings. The summed E-state index contributed by atoms with van der Waals surface area (Å²) in [5, 5.41) is 6.05. The molecule has 8 heteroatoms. The van der Waals surface area contributed by atoms with Crippen molar-refractivity contribution in [1.82, 2.24) is 14.7 Å². The molecule has 0 atom stereocenters. The third kappa shape index (κ3) is 4.15. The van der Waals surface area contributed by atoms with Gasteiger partial charge in [-0.1, -0.05) is 26.0 Å². The maximum Gasteiger partial charge on any atom is 0.240 e. The molecule has 3 aromatic rings. The van der Waals surface area contributed by atoms with Crippen molar-refractivity contribution >= 4 is 37.4 Å². The van der Waals surface area contributed by atoms with Crippen LogP contribution in [-0.2, 0) is 10.0 Å². The molecule has 132 valence electrons. The number of benzene rings is 1. The van der Waals surface area contributed by atoms with Crippen LogP contribution in [0.2, 0.25) is 0 Å². The Bertz CT molecular complexity index is 950.